The maximum Gasteiger partial charge on any atom is 0.410 e. The number of hydrogen-bond donors (Lipinski definition) is 1. The van der Waals surface area contributed by atoms with E-state index in [0.717, 1.165) is 29.2 Å². The number of nitrogens with zero attached hydrogens (tertiary/aromatic N) is 1. The van der Waals surface area contributed by atoms with Crippen LogP contribution in [0.4, 0.5) is 4.79 Å². The number of aliphatic hydroxyl groups is 1. The van der Waals surface area contributed by atoms with Gasteiger partial charge >= 0.3 is 6.09 Å². The highest BCUT2D eigenvalue weighted by Crippen LogP contribution is 2.34. The van der Waals surface area contributed by atoms with E-state index in [1.807, 2.05) is 45.0 Å². The zero-order valence-corrected chi connectivity index (χ0v) is 15.2. The molecule has 1 aliphatic rings. The summed E-state index contributed by atoms with van der Waals surface area (Å²) in [7, 11) is 0. The van der Waals surface area contributed by atoms with Crippen LogP contribution in [0.15, 0.2) is 42.5 Å². The molecule has 0 aliphatic carbocycles. The van der Waals surface area contributed by atoms with Gasteiger partial charge in [-0.25, -0.2) is 4.79 Å². The minimum absolute atomic E-state index is 0.157. The number of carbonyl (C=O) groups excluding carboxylic acids is 1. The molecule has 25 heavy (non-hydrogen) atoms. The van der Waals surface area contributed by atoms with E-state index >= 15 is 0 Å². The third kappa shape index (κ3) is 4.13. The summed E-state index contributed by atoms with van der Waals surface area (Å²) in [6.45, 7) is 6.88. The molecule has 4 nitrogen and oxygen atoms in total. The lowest BCUT2D eigenvalue weighted by Gasteiger charge is -2.35. The van der Waals surface area contributed by atoms with Crippen LogP contribution < -0.4 is 0 Å². The SMILES string of the molecule is CC(C)(C)OC(=O)N1CCC(C(O)c2cccc3ccccc23)CC1. The fraction of sp³-hybridized carbons (Fsp3) is 0.476. The van der Waals surface area contributed by atoms with E-state index in [-0.39, 0.29) is 12.0 Å². The summed E-state index contributed by atoms with van der Waals surface area (Å²) >= 11 is 0. The molecule has 1 saturated heterocycles. The lowest BCUT2D eigenvalue weighted by Crippen LogP contribution is -2.42. The van der Waals surface area contributed by atoms with Crippen LogP contribution in [0.3, 0.4) is 0 Å². The average Bonchev–Trinajstić information content (AvgIpc) is 2.59. The van der Waals surface area contributed by atoms with Crippen molar-refractivity contribution in [2.24, 2.45) is 5.92 Å². The van der Waals surface area contributed by atoms with Crippen molar-refractivity contribution in [3.8, 4) is 0 Å². The average molecular weight is 341 g/mol. The van der Waals surface area contributed by atoms with Crippen LogP contribution in [0.1, 0.15) is 45.3 Å². The summed E-state index contributed by atoms with van der Waals surface area (Å²) in [4.78, 5) is 13.9. The molecule has 134 valence electrons. The Hall–Kier alpha value is -2.07. The first-order chi connectivity index (χ1) is 11.8. The molecule has 1 amide bonds. The number of carbonyl (C=O) groups is 1. The number of benzene rings is 2. The van der Waals surface area contributed by atoms with E-state index in [2.05, 4.69) is 18.2 Å². The van der Waals surface area contributed by atoms with Crippen molar-refractivity contribution in [1.82, 2.24) is 4.90 Å². The number of hydrogen-bond acceptors (Lipinski definition) is 3. The van der Waals surface area contributed by atoms with Crippen LogP contribution in [0.25, 0.3) is 10.8 Å². The highest BCUT2D eigenvalue weighted by atomic mass is 16.6. The smallest absolute Gasteiger partial charge is 0.410 e. The third-order valence-corrected chi connectivity index (χ3v) is 4.78. The Morgan fingerprint density at radius 3 is 2.44 bits per heavy atom. The number of ether oxygens (including phenoxy) is 1. The van der Waals surface area contributed by atoms with E-state index in [1.54, 1.807) is 4.90 Å². The van der Waals surface area contributed by atoms with Crippen molar-refractivity contribution in [3.63, 3.8) is 0 Å². The van der Waals surface area contributed by atoms with E-state index in [9.17, 15) is 9.90 Å². The first-order valence-corrected chi connectivity index (χ1v) is 8.99. The minimum Gasteiger partial charge on any atom is -0.444 e. The second-order valence-electron chi connectivity index (χ2n) is 7.82. The topological polar surface area (TPSA) is 49.8 Å². The second kappa shape index (κ2) is 7.04. The molecule has 3 rings (SSSR count). The van der Waals surface area contributed by atoms with E-state index in [0.29, 0.717) is 13.1 Å². The molecule has 1 aliphatic heterocycles. The number of rotatable bonds is 2. The molecule has 1 unspecified atom stereocenters. The third-order valence-electron chi connectivity index (χ3n) is 4.78. The van der Waals surface area contributed by atoms with Gasteiger partial charge in [-0.1, -0.05) is 42.5 Å². The first kappa shape index (κ1) is 17.7. The maximum absolute atomic E-state index is 12.2. The number of aliphatic hydroxyl groups excluding tert-OH is 1. The van der Waals surface area contributed by atoms with Gasteiger partial charge in [0.15, 0.2) is 0 Å². The Morgan fingerprint density at radius 1 is 1.12 bits per heavy atom. The standard InChI is InChI=1S/C21H27NO3/c1-21(2,3)25-20(24)22-13-11-16(12-14-22)19(23)18-10-6-8-15-7-4-5-9-17(15)18/h4-10,16,19,23H,11-14H2,1-3H3. The molecule has 2 aromatic carbocycles. The molecule has 1 fully saturated rings. The molecule has 0 radical (unpaired) electrons. The van der Waals surface area contributed by atoms with Gasteiger partial charge in [0.1, 0.15) is 5.60 Å². The van der Waals surface area contributed by atoms with Gasteiger partial charge in [0.05, 0.1) is 6.10 Å². The van der Waals surface area contributed by atoms with Crippen LogP contribution in [-0.2, 0) is 4.74 Å². The lowest BCUT2D eigenvalue weighted by molar-refractivity contribution is 0.00784. The van der Waals surface area contributed by atoms with Gasteiger partial charge in [-0.05, 0) is 55.9 Å². The molecule has 4 heteroatoms. The highest BCUT2D eigenvalue weighted by molar-refractivity contribution is 5.86. The van der Waals surface area contributed by atoms with E-state index in [4.69, 9.17) is 4.74 Å². The van der Waals surface area contributed by atoms with Crippen LogP contribution in [-0.4, -0.2) is 34.8 Å². The Kier molecular flexibility index (Phi) is 5.00. The largest absolute Gasteiger partial charge is 0.444 e. The maximum atomic E-state index is 12.2. The van der Waals surface area contributed by atoms with Crippen LogP contribution >= 0.6 is 0 Å². The van der Waals surface area contributed by atoms with Gasteiger partial charge < -0.3 is 14.7 Å². The number of fused-ring (bicyclic) bond motifs is 1. The Morgan fingerprint density at radius 2 is 1.76 bits per heavy atom. The first-order valence-electron chi connectivity index (χ1n) is 8.99. The molecule has 0 bridgehead atoms. The second-order valence-corrected chi connectivity index (χ2v) is 7.82. The quantitative estimate of drug-likeness (QED) is 0.874. The fourth-order valence-electron chi connectivity index (χ4n) is 3.49. The summed E-state index contributed by atoms with van der Waals surface area (Å²) in [5.74, 6) is 0.157. The van der Waals surface area contributed by atoms with E-state index < -0.39 is 11.7 Å². The molecule has 0 spiro atoms. The molecular weight excluding hydrogens is 314 g/mol. The molecule has 2 aromatic rings. The molecule has 1 heterocycles. The van der Waals surface area contributed by atoms with Crippen molar-refractivity contribution in [1.29, 1.82) is 0 Å². The summed E-state index contributed by atoms with van der Waals surface area (Å²) in [6.07, 6.45) is 0.797. The Labute approximate surface area is 149 Å². The molecule has 0 aromatic heterocycles. The molecule has 1 N–H and O–H groups in total. The Bertz CT molecular complexity index is 737. The molecule has 1 atom stereocenters. The Balaban J connectivity index is 1.67. The lowest BCUT2D eigenvalue weighted by atomic mass is 9.85. The van der Waals surface area contributed by atoms with Crippen molar-refractivity contribution in [3.05, 3.63) is 48.0 Å². The van der Waals surface area contributed by atoms with Gasteiger partial charge in [0.2, 0.25) is 0 Å². The summed E-state index contributed by atoms with van der Waals surface area (Å²) in [6, 6.07) is 14.2. The predicted molar refractivity (Wildman–Crippen MR) is 99.4 cm³/mol. The highest BCUT2D eigenvalue weighted by Gasteiger charge is 2.31. The zero-order chi connectivity index (χ0) is 18.0. The van der Waals surface area contributed by atoms with Gasteiger partial charge in [0, 0.05) is 13.1 Å². The monoisotopic (exact) mass is 341 g/mol. The zero-order valence-electron chi connectivity index (χ0n) is 15.2. The van der Waals surface area contributed by atoms with Gasteiger partial charge in [-0.2, -0.15) is 0 Å². The molecular formula is C21H27NO3. The summed E-state index contributed by atoms with van der Waals surface area (Å²) < 4.78 is 5.44. The van der Waals surface area contributed by atoms with Crippen molar-refractivity contribution < 1.29 is 14.6 Å². The van der Waals surface area contributed by atoms with Gasteiger partial charge in [0.25, 0.3) is 0 Å². The molecule has 0 saturated carbocycles. The fourth-order valence-corrected chi connectivity index (χ4v) is 3.49. The van der Waals surface area contributed by atoms with Gasteiger partial charge in [-0.15, -0.1) is 0 Å². The minimum atomic E-state index is -0.508. The van der Waals surface area contributed by atoms with Crippen LogP contribution in [0.2, 0.25) is 0 Å². The summed E-state index contributed by atoms with van der Waals surface area (Å²) in [5, 5.41) is 13.2. The normalized spacial score (nSPS) is 17.5. The summed E-state index contributed by atoms with van der Waals surface area (Å²) in [5.41, 5.74) is 0.505. The van der Waals surface area contributed by atoms with Crippen LogP contribution in [0, 0.1) is 5.92 Å². The van der Waals surface area contributed by atoms with Crippen molar-refractivity contribution in [2.75, 3.05) is 13.1 Å². The number of piperidine rings is 1. The van der Waals surface area contributed by atoms with Gasteiger partial charge in [-0.3, -0.25) is 0 Å². The van der Waals surface area contributed by atoms with E-state index in [1.165, 1.54) is 0 Å². The number of amides is 1. The van der Waals surface area contributed by atoms with Crippen molar-refractivity contribution in [2.45, 2.75) is 45.3 Å². The number of likely N-dealkylation sites (tertiary alicyclic amines) is 1. The predicted octanol–water partition coefficient (Wildman–Crippen LogP) is 4.52. The van der Waals surface area contributed by atoms with Crippen LogP contribution in [0.5, 0.6) is 0 Å². The van der Waals surface area contributed by atoms with Crippen molar-refractivity contribution >= 4 is 16.9 Å².